The Morgan fingerprint density at radius 3 is 2.49 bits per heavy atom. The third kappa shape index (κ3) is 5.84. The molecule has 0 radical (unpaired) electrons. The first-order valence-electron chi connectivity index (χ1n) is 12.3. The van der Waals surface area contributed by atoms with Crippen LogP contribution in [-0.4, -0.2) is 46.8 Å². The Morgan fingerprint density at radius 1 is 0.974 bits per heavy atom. The van der Waals surface area contributed by atoms with Crippen LogP contribution in [0.4, 0.5) is 0 Å². The van der Waals surface area contributed by atoms with Gasteiger partial charge in [-0.05, 0) is 67.1 Å². The minimum Gasteiger partial charge on any atom is -0.490 e. The fourth-order valence-electron chi connectivity index (χ4n) is 3.95. The summed E-state index contributed by atoms with van der Waals surface area (Å²) in [5.41, 5.74) is 2.80. The van der Waals surface area contributed by atoms with Crippen molar-refractivity contribution in [3.63, 3.8) is 0 Å². The SMILES string of the molecule is CCOc1cc(/C=C2/C(=N)N3N=C(c4ccccc4C)SC3=NC2=O)ccc1OCCOc1ccccc1Cl. The van der Waals surface area contributed by atoms with Gasteiger partial charge in [-0.15, -0.1) is 0 Å². The summed E-state index contributed by atoms with van der Waals surface area (Å²) in [5, 5.41) is 16.3. The van der Waals surface area contributed by atoms with Gasteiger partial charge in [-0.1, -0.05) is 54.1 Å². The van der Waals surface area contributed by atoms with Gasteiger partial charge in [0, 0.05) is 5.56 Å². The van der Waals surface area contributed by atoms with Crippen LogP contribution in [0.15, 0.2) is 82.4 Å². The minimum atomic E-state index is -0.491. The molecule has 2 aliphatic rings. The van der Waals surface area contributed by atoms with Crippen LogP contribution in [0.25, 0.3) is 6.08 Å². The number of para-hydroxylation sites is 1. The average Bonchev–Trinajstić information content (AvgIpc) is 3.35. The number of aryl methyl sites for hydroxylation is 1. The van der Waals surface area contributed by atoms with Crippen molar-refractivity contribution in [2.24, 2.45) is 10.1 Å². The van der Waals surface area contributed by atoms with E-state index in [4.69, 9.17) is 31.2 Å². The number of carbonyl (C=O) groups excluding carboxylic acids is 1. The predicted octanol–water partition coefficient (Wildman–Crippen LogP) is 6.17. The Balaban J connectivity index is 1.32. The maximum Gasteiger partial charge on any atom is 0.283 e. The number of benzene rings is 3. The number of hydrogen-bond donors (Lipinski definition) is 1. The van der Waals surface area contributed by atoms with E-state index >= 15 is 0 Å². The van der Waals surface area contributed by atoms with Crippen molar-refractivity contribution in [1.29, 1.82) is 5.41 Å². The zero-order valence-corrected chi connectivity index (χ0v) is 22.9. The number of aliphatic imine (C=N–C) groups is 1. The highest BCUT2D eigenvalue weighted by atomic mass is 35.5. The molecule has 0 atom stereocenters. The third-order valence-electron chi connectivity index (χ3n) is 5.84. The first kappa shape index (κ1) is 26.5. The number of hydrazone groups is 1. The average molecular weight is 561 g/mol. The van der Waals surface area contributed by atoms with E-state index in [0.717, 1.165) is 11.1 Å². The van der Waals surface area contributed by atoms with Crippen molar-refractivity contribution in [3.8, 4) is 17.2 Å². The van der Waals surface area contributed by atoms with E-state index in [1.54, 1.807) is 36.4 Å². The highest BCUT2D eigenvalue weighted by Crippen LogP contribution is 2.33. The molecule has 3 aromatic carbocycles. The van der Waals surface area contributed by atoms with E-state index in [2.05, 4.69) is 10.1 Å². The molecule has 198 valence electrons. The Bertz CT molecular complexity index is 1540. The van der Waals surface area contributed by atoms with Crippen molar-refractivity contribution in [2.75, 3.05) is 19.8 Å². The number of nitrogens with zero attached hydrogens (tertiary/aromatic N) is 3. The minimum absolute atomic E-state index is 0.0314. The van der Waals surface area contributed by atoms with Crippen molar-refractivity contribution >= 4 is 51.4 Å². The number of nitrogens with one attached hydrogen (secondary N) is 1. The van der Waals surface area contributed by atoms with Gasteiger partial charge in [-0.3, -0.25) is 10.2 Å². The van der Waals surface area contributed by atoms with E-state index in [9.17, 15) is 4.79 Å². The monoisotopic (exact) mass is 560 g/mol. The van der Waals surface area contributed by atoms with E-state index in [1.165, 1.54) is 16.8 Å². The van der Waals surface area contributed by atoms with Gasteiger partial charge in [0.25, 0.3) is 5.91 Å². The van der Waals surface area contributed by atoms with E-state index < -0.39 is 5.91 Å². The quantitative estimate of drug-likeness (QED) is 0.248. The molecular formula is C29H25ClN4O4S. The maximum absolute atomic E-state index is 12.9. The van der Waals surface area contributed by atoms with Crippen molar-refractivity contribution in [1.82, 2.24) is 5.01 Å². The predicted molar refractivity (Wildman–Crippen MR) is 155 cm³/mol. The van der Waals surface area contributed by atoms with Crippen LogP contribution in [0, 0.1) is 12.3 Å². The first-order chi connectivity index (χ1) is 18.9. The molecule has 0 spiro atoms. The summed E-state index contributed by atoms with van der Waals surface area (Å²) in [5.74, 6) is 1.12. The van der Waals surface area contributed by atoms with E-state index in [-0.39, 0.29) is 18.0 Å². The van der Waals surface area contributed by atoms with Gasteiger partial charge in [-0.25, -0.2) is 0 Å². The second kappa shape index (κ2) is 11.8. The molecule has 0 unspecified atom stereocenters. The molecule has 3 aromatic rings. The molecule has 2 aliphatic heterocycles. The van der Waals surface area contributed by atoms with Crippen LogP contribution in [0.1, 0.15) is 23.6 Å². The largest absolute Gasteiger partial charge is 0.490 e. The normalized spacial score (nSPS) is 15.7. The Kier molecular flexibility index (Phi) is 7.99. The Hall–Kier alpha value is -4.08. The molecule has 5 rings (SSSR count). The lowest BCUT2D eigenvalue weighted by atomic mass is 10.1. The zero-order valence-electron chi connectivity index (χ0n) is 21.3. The number of carbonyl (C=O) groups is 1. The molecule has 39 heavy (non-hydrogen) atoms. The van der Waals surface area contributed by atoms with Crippen molar-refractivity contribution in [2.45, 2.75) is 13.8 Å². The van der Waals surface area contributed by atoms with Crippen LogP contribution in [0.5, 0.6) is 17.2 Å². The lowest BCUT2D eigenvalue weighted by molar-refractivity contribution is -0.114. The number of ether oxygens (including phenoxy) is 3. The number of amidine groups is 2. The molecule has 0 saturated carbocycles. The van der Waals surface area contributed by atoms with Crippen molar-refractivity contribution in [3.05, 3.63) is 94.0 Å². The number of fused-ring (bicyclic) bond motifs is 1. The molecule has 8 nitrogen and oxygen atoms in total. The molecule has 0 aromatic heterocycles. The lowest BCUT2D eigenvalue weighted by Crippen LogP contribution is -2.35. The topological polar surface area (TPSA) is 96.6 Å². The Morgan fingerprint density at radius 2 is 1.72 bits per heavy atom. The summed E-state index contributed by atoms with van der Waals surface area (Å²) in [7, 11) is 0. The lowest BCUT2D eigenvalue weighted by Gasteiger charge is -2.20. The second-order valence-electron chi connectivity index (χ2n) is 8.51. The Labute approximate surface area is 235 Å². The van der Waals surface area contributed by atoms with E-state index in [0.29, 0.717) is 51.3 Å². The molecule has 1 N–H and O–H groups in total. The van der Waals surface area contributed by atoms with Crippen molar-refractivity contribution < 1.29 is 19.0 Å². The summed E-state index contributed by atoms with van der Waals surface area (Å²) >= 11 is 7.41. The summed E-state index contributed by atoms with van der Waals surface area (Å²) in [4.78, 5) is 17.1. The van der Waals surface area contributed by atoms with Gasteiger partial charge >= 0.3 is 0 Å². The molecule has 0 aliphatic carbocycles. The fourth-order valence-corrected chi connectivity index (χ4v) is 5.12. The smallest absolute Gasteiger partial charge is 0.283 e. The molecule has 0 bridgehead atoms. The highest BCUT2D eigenvalue weighted by Gasteiger charge is 2.36. The number of rotatable bonds is 9. The molecule has 0 fully saturated rings. The number of hydrogen-bond acceptors (Lipinski definition) is 7. The second-order valence-corrected chi connectivity index (χ2v) is 9.87. The summed E-state index contributed by atoms with van der Waals surface area (Å²) in [6, 6.07) is 20.4. The van der Waals surface area contributed by atoms with E-state index in [1.807, 2.05) is 50.2 Å². The molecule has 10 heteroatoms. The number of halogens is 1. The van der Waals surface area contributed by atoms with Crippen LogP contribution in [-0.2, 0) is 4.79 Å². The molecule has 2 heterocycles. The number of amides is 1. The van der Waals surface area contributed by atoms with Gasteiger partial charge in [0.05, 0.1) is 17.2 Å². The van der Waals surface area contributed by atoms with Crippen LogP contribution >= 0.6 is 23.4 Å². The van der Waals surface area contributed by atoms with Crippen LogP contribution < -0.4 is 14.2 Å². The molecular weight excluding hydrogens is 536 g/mol. The highest BCUT2D eigenvalue weighted by molar-refractivity contribution is 8.27. The number of thioether (sulfide) groups is 1. The summed E-state index contributed by atoms with van der Waals surface area (Å²) in [6.45, 7) is 4.87. The standard InChI is InChI=1S/C29H25ClN4O4S/c1-3-36-25-17-19(12-13-24(25)38-15-14-37-23-11-7-6-10-22(23)30)16-21-26(31)34-29(32-27(21)35)39-28(33-34)20-9-5-4-8-18(20)2/h4-13,16-17,31H,3,14-15H2,1-2H3/b21-16-,31-26?. The van der Waals surface area contributed by atoms with Crippen LogP contribution in [0.2, 0.25) is 5.02 Å². The fraction of sp³-hybridized carbons (Fsp3) is 0.172. The first-order valence-corrected chi connectivity index (χ1v) is 13.5. The molecule has 0 saturated heterocycles. The summed E-state index contributed by atoms with van der Waals surface area (Å²) < 4.78 is 17.4. The van der Waals surface area contributed by atoms with Gasteiger partial charge < -0.3 is 14.2 Å². The summed E-state index contributed by atoms with van der Waals surface area (Å²) in [6.07, 6.45) is 1.61. The van der Waals surface area contributed by atoms with Gasteiger partial charge in [-0.2, -0.15) is 15.1 Å². The molecule has 1 amide bonds. The van der Waals surface area contributed by atoms with Gasteiger partial charge in [0.1, 0.15) is 24.0 Å². The van der Waals surface area contributed by atoms with Gasteiger partial charge in [0.2, 0.25) is 5.17 Å². The maximum atomic E-state index is 12.9. The van der Waals surface area contributed by atoms with Crippen LogP contribution in [0.3, 0.4) is 0 Å². The third-order valence-corrected chi connectivity index (χ3v) is 7.10. The van der Waals surface area contributed by atoms with Gasteiger partial charge in [0.15, 0.2) is 17.3 Å². The zero-order chi connectivity index (χ0) is 27.4.